The summed E-state index contributed by atoms with van der Waals surface area (Å²) in [6.07, 6.45) is 5.76. The lowest BCUT2D eigenvalue weighted by Crippen LogP contribution is -2.49. The number of imide groups is 1. The first-order valence-electron chi connectivity index (χ1n) is 11.9. The van der Waals surface area contributed by atoms with Gasteiger partial charge in [0, 0.05) is 12.1 Å². The van der Waals surface area contributed by atoms with Gasteiger partial charge in [-0.3, -0.25) is 19.3 Å². The van der Waals surface area contributed by atoms with Crippen LogP contribution in [0.5, 0.6) is 0 Å². The fraction of sp³-hybridized carbons (Fsp3) is 0.393. The lowest BCUT2D eigenvalue weighted by atomic mass is 9.63. The predicted molar refractivity (Wildman–Crippen MR) is 125 cm³/mol. The van der Waals surface area contributed by atoms with Gasteiger partial charge in [-0.1, -0.05) is 48.6 Å². The molecule has 4 aliphatic carbocycles. The molecule has 0 radical (unpaired) electrons. The topological polar surface area (TPSA) is 66.5 Å². The highest BCUT2D eigenvalue weighted by molar-refractivity contribution is 6.10. The van der Waals surface area contributed by atoms with E-state index in [-0.39, 0.29) is 41.4 Å². The molecule has 7 atom stereocenters. The highest BCUT2D eigenvalue weighted by Gasteiger charge is 2.67. The minimum Gasteiger partial charge on any atom is -0.324 e. The molecule has 2 saturated carbocycles. The number of amides is 3. The molecule has 3 amide bonds. The third-order valence-corrected chi connectivity index (χ3v) is 8.36. The normalized spacial score (nSPS) is 31.9. The average molecular weight is 441 g/mol. The Kier molecular flexibility index (Phi) is 4.58. The maximum atomic E-state index is 13.7. The molecule has 5 aliphatic rings. The van der Waals surface area contributed by atoms with Crippen LogP contribution in [-0.4, -0.2) is 28.7 Å². The zero-order chi connectivity index (χ0) is 22.9. The number of rotatable bonds is 5. The number of benzene rings is 2. The zero-order valence-corrected chi connectivity index (χ0v) is 18.9. The van der Waals surface area contributed by atoms with E-state index in [4.69, 9.17) is 0 Å². The van der Waals surface area contributed by atoms with Gasteiger partial charge in [0.15, 0.2) is 0 Å². The fourth-order valence-corrected chi connectivity index (χ4v) is 6.47. The van der Waals surface area contributed by atoms with Gasteiger partial charge in [0.25, 0.3) is 0 Å². The van der Waals surface area contributed by atoms with E-state index in [2.05, 4.69) is 17.5 Å². The highest BCUT2D eigenvalue weighted by atomic mass is 16.2. The van der Waals surface area contributed by atoms with Crippen LogP contribution in [0.25, 0.3) is 0 Å². The van der Waals surface area contributed by atoms with Crippen LogP contribution in [0.15, 0.2) is 60.7 Å². The molecule has 3 fully saturated rings. The smallest absolute Gasteiger partial charge is 0.248 e. The van der Waals surface area contributed by atoms with E-state index in [0.29, 0.717) is 23.9 Å². The molecular formula is C28H28N2O3. The Balaban J connectivity index is 1.33. The van der Waals surface area contributed by atoms with Gasteiger partial charge in [0.2, 0.25) is 17.7 Å². The number of anilines is 1. The zero-order valence-electron chi connectivity index (χ0n) is 18.9. The van der Waals surface area contributed by atoms with Gasteiger partial charge in [-0.15, -0.1) is 0 Å². The summed E-state index contributed by atoms with van der Waals surface area (Å²) in [5.74, 6) is 0.126. The van der Waals surface area contributed by atoms with Crippen LogP contribution in [0.2, 0.25) is 0 Å². The summed E-state index contributed by atoms with van der Waals surface area (Å²) in [4.78, 5) is 42.3. The van der Waals surface area contributed by atoms with Gasteiger partial charge in [0.05, 0.1) is 11.8 Å². The van der Waals surface area contributed by atoms with Crippen LogP contribution < -0.4 is 5.32 Å². The van der Waals surface area contributed by atoms with Gasteiger partial charge in [-0.25, -0.2) is 0 Å². The number of allylic oxidation sites excluding steroid dienone is 2. The summed E-state index contributed by atoms with van der Waals surface area (Å²) in [5.41, 5.74) is 3.83. The first kappa shape index (κ1) is 20.4. The van der Waals surface area contributed by atoms with Crippen molar-refractivity contribution in [1.82, 2.24) is 4.90 Å². The number of aryl methyl sites for hydroxylation is 2. The van der Waals surface area contributed by atoms with Gasteiger partial charge < -0.3 is 5.32 Å². The Morgan fingerprint density at radius 1 is 0.939 bits per heavy atom. The van der Waals surface area contributed by atoms with Crippen LogP contribution in [-0.2, 0) is 20.8 Å². The summed E-state index contributed by atoms with van der Waals surface area (Å²) in [7, 11) is 0. The Hall–Kier alpha value is -3.21. The van der Waals surface area contributed by atoms with E-state index in [1.54, 1.807) is 0 Å². The molecule has 168 valence electrons. The molecule has 1 aliphatic heterocycles. The van der Waals surface area contributed by atoms with E-state index in [9.17, 15) is 14.4 Å². The summed E-state index contributed by atoms with van der Waals surface area (Å²) in [5, 5.41) is 2.98. The number of hydrogen-bond acceptors (Lipinski definition) is 3. The molecule has 33 heavy (non-hydrogen) atoms. The van der Waals surface area contributed by atoms with Crippen LogP contribution in [0.3, 0.4) is 0 Å². The number of carbonyl (C=O) groups is 3. The van der Waals surface area contributed by atoms with Gasteiger partial charge in [-0.05, 0) is 72.8 Å². The van der Waals surface area contributed by atoms with Gasteiger partial charge >= 0.3 is 0 Å². The molecule has 1 N–H and O–H groups in total. The predicted octanol–water partition coefficient (Wildman–Crippen LogP) is 3.91. The molecule has 2 bridgehead atoms. The highest BCUT2D eigenvalue weighted by Crippen LogP contribution is 2.65. The Morgan fingerprint density at radius 3 is 2.18 bits per heavy atom. The maximum Gasteiger partial charge on any atom is 0.248 e. The maximum absolute atomic E-state index is 13.7. The largest absolute Gasteiger partial charge is 0.324 e. The molecule has 5 nitrogen and oxygen atoms in total. The molecule has 0 aromatic heterocycles. The molecular weight excluding hydrogens is 412 g/mol. The van der Waals surface area contributed by atoms with Crippen molar-refractivity contribution in [2.45, 2.75) is 32.7 Å². The third-order valence-electron chi connectivity index (χ3n) is 8.36. The van der Waals surface area contributed by atoms with E-state index in [0.717, 1.165) is 23.1 Å². The van der Waals surface area contributed by atoms with Crippen molar-refractivity contribution in [3.8, 4) is 0 Å². The van der Waals surface area contributed by atoms with Crippen molar-refractivity contribution in [3.63, 3.8) is 0 Å². The van der Waals surface area contributed by atoms with Crippen molar-refractivity contribution in [1.29, 1.82) is 0 Å². The molecule has 1 saturated heterocycles. The van der Waals surface area contributed by atoms with E-state index >= 15 is 0 Å². The third kappa shape index (κ3) is 3.17. The van der Waals surface area contributed by atoms with Crippen molar-refractivity contribution in [3.05, 3.63) is 77.4 Å². The van der Waals surface area contributed by atoms with E-state index in [1.807, 2.05) is 62.4 Å². The SMILES string of the molecule is Cc1ccc(NC(=O)[C@@H](Cc2ccccc2)N2C(=O)[C@H]3[C@@H]4C=C[C@H]([C@H]5C[C@H]45)[C@@H]3C2=O)cc1C. The number of hydrogen-bond donors (Lipinski definition) is 1. The fourth-order valence-electron chi connectivity index (χ4n) is 6.47. The van der Waals surface area contributed by atoms with Crippen molar-refractivity contribution in [2.24, 2.45) is 35.5 Å². The van der Waals surface area contributed by atoms with Gasteiger partial charge in [0.1, 0.15) is 6.04 Å². The summed E-state index contributed by atoms with van der Waals surface area (Å²) in [6.45, 7) is 4.02. The minimum absolute atomic E-state index is 0.145. The first-order chi connectivity index (χ1) is 15.9. The van der Waals surface area contributed by atoms with Crippen LogP contribution in [0, 0.1) is 49.4 Å². The summed E-state index contributed by atoms with van der Waals surface area (Å²) in [6, 6.07) is 14.5. The monoisotopic (exact) mass is 440 g/mol. The second-order valence-corrected chi connectivity index (χ2v) is 10.2. The van der Waals surface area contributed by atoms with Crippen molar-refractivity contribution < 1.29 is 14.4 Å². The molecule has 5 heteroatoms. The standard InChI is InChI=1S/C28H28N2O3/c1-15-8-9-18(12-16(15)2)29-26(31)23(13-17-6-4-3-5-7-17)30-27(32)24-19-10-11-20(22-14-21(19)22)25(24)28(30)33/h3-12,19-25H,13-14H2,1-2H3,(H,29,31)/t19-,20-,21-,22-,23-,24+,25+/m1/s1. The van der Waals surface area contributed by atoms with Crippen LogP contribution in [0.1, 0.15) is 23.1 Å². The number of nitrogens with zero attached hydrogens (tertiary/aromatic N) is 1. The first-order valence-corrected chi connectivity index (χ1v) is 11.9. The molecule has 0 unspecified atom stereocenters. The quantitative estimate of drug-likeness (QED) is 0.566. The van der Waals surface area contributed by atoms with E-state index < -0.39 is 6.04 Å². The Bertz CT molecular complexity index is 1150. The molecule has 1 heterocycles. The average Bonchev–Trinajstić information content (AvgIpc) is 3.59. The van der Waals surface area contributed by atoms with Gasteiger partial charge in [-0.2, -0.15) is 0 Å². The molecule has 2 aromatic carbocycles. The molecule has 7 rings (SSSR count). The molecule has 2 aromatic rings. The second kappa shape index (κ2) is 7.41. The summed E-state index contributed by atoms with van der Waals surface area (Å²) >= 11 is 0. The Labute approximate surface area is 193 Å². The van der Waals surface area contributed by atoms with Crippen molar-refractivity contribution in [2.75, 3.05) is 5.32 Å². The number of carbonyl (C=O) groups excluding carboxylic acids is 3. The minimum atomic E-state index is -0.865. The number of likely N-dealkylation sites (tertiary alicyclic amines) is 1. The second-order valence-electron chi connectivity index (χ2n) is 10.2. The van der Waals surface area contributed by atoms with Crippen LogP contribution in [0.4, 0.5) is 5.69 Å². The lowest BCUT2D eigenvalue weighted by Gasteiger charge is -2.37. The number of nitrogens with one attached hydrogen (secondary N) is 1. The van der Waals surface area contributed by atoms with Crippen LogP contribution >= 0.6 is 0 Å². The van der Waals surface area contributed by atoms with Crippen molar-refractivity contribution >= 4 is 23.4 Å². The Morgan fingerprint density at radius 2 is 1.58 bits per heavy atom. The summed E-state index contributed by atoms with van der Waals surface area (Å²) < 4.78 is 0. The molecule has 0 spiro atoms. The van der Waals surface area contributed by atoms with E-state index in [1.165, 1.54) is 4.90 Å². The lowest BCUT2D eigenvalue weighted by molar-refractivity contribution is -0.146.